The molecule has 6 nitrogen and oxygen atoms in total. The van der Waals surface area contributed by atoms with Crippen LogP contribution < -0.4 is 16.6 Å². The maximum absolute atomic E-state index is 13.0. The highest BCUT2D eigenvalue weighted by Gasteiger charge is 2.31. The zero-order valence-corrected chi connectivity index (χ0v) is 14.0. The number of hydrogen-bond acceptors (Lipinski definition) is 5. The van der Waals surface area contributed by atoms with Gasteiger partial charge in [0.05, 0.1) is 17.0 Å². The fraction of sp³-hybridized carbons (Fsp3) is 0.235. The molecule has 0 aliphatic rings. The number of benzene rings is 1. The van der Waals surface area contributed by atoms with Gasteiger partial charge in [-0.25, -0.2) is 9.97 Å². The molecule has 0 aliphatic heterocycles. The molecular formula is C17H16F3N5O. The monoisotopic (exact) mass is 363 g/mol. The van der Waals surface area contributed by atoms with Gasteiger partial charge in [-0.2, -0.15) is 13.2 Å². The minimum Gasteiger partial charge on any atom is -0.399 e. The molecule has 0 amide bonds. The van der Waals surface area contributed by atoms with Crippen molar-refractivity contribution in [3.05, 3.63) is 58.1 Å². The number of nitrogens with zero attached hydrogens (tertiary/aromatic N) is 3. The molecule has 2 aromatic heterocycles. The molecule has 0 spiro atoms. The first-order valence-electron chi connectivity index (χ1n) is 7.72. The van der Waals surface area contributed by atoms with E-state index < -0.39 is 17.8 Å². The molecule has 0 aliphatic carbocycles. The molecule has 3 N–H and O–H groups in total. The number of nitrogens with one attached hydrogen (secondary N) is 1. The van der Waals surface area contributed by atoms with Gasteiger partial charge in [-0.1, -0.05) is 0 Å². The second-order valence-electron chi connectivity index (χ2n) is 5.94. The molecule has 3 rings (SSSR count). The Kier molecular flexibility index (Phi) is 4.31. The normalized spacial score (nSPS) is 13.0. The van der Waals surface area contributed by atoms with Crippen LogP contribution in [0.5, 0.6) is 0 Å². The van der Waals surface area contributed by atoms with E-state index in [-0.39, 0.29) is 11.2 Å². The van der Waals surface area contributed by atoms with Gasteiger partial charge in [0.1, 0.15) is 17.8 Å². The van der Waals surface area contributed by atoms with Crippen molar-refractivity contribution < 1.29 is 13.2 Å². The standard InChI is InChI=1S/C17H16F3N5O/c1-9(10-5-11(17(18,19)20)7-12(21)6-10)24-15-13-3-4-14(26)25(2)16(13)23-8-22-15/h3-9H,21H2,1-2H3,(H,22,23,24)/t9-/m1/s1. The van der Waals surface area contributed by atoms with Crippen LogP contribution in [0.3, 0.4) is 0 Å². The summed E-state index contributed by atoms with van der Waals surface area (Å²) in [5, 5.41) is 3.65. The van der Waals surface area contributed by atoms with Crippen molar-refractivity contribution in [2.45, 2.75) is 19.1 Å². The SMILES string of the molecule is C[C@@H](Nc1ncnc2c1ccc(=O)n2C)c1cc(N)cc(C(F)(F)F)c1. The van der Waals surface area contributed by atoms with Gasteiger partial charge >= 0.3 is 6.18 Å². The van der Waals surface area contributed by atoms with Crippen LogP contribution in [0.15, 0.2) is 41.5 Å². The molecule has 0 saturated carbocycles. The number of nitrogens with two attached hydrogens (primary N) is 1. The Bertz CT molecular complexity index is 1030. The molecule has 136 valence electrons. The van der Waals surface area contributed by atoms with E-state index in [2.05, 4.69) is 15.3 Å². The third-order valence-electron chi connectivity index (χ3n) is 4.06. The Morgan fingerprint density at radius 3 is 2.62 bits per heavy atom. The molecule has 0 radical (unpaired) electrons. The molecule has 26 heavy (non-hydrogen) atoms. The smallest absolute Gasteiger partial charge is 0.399 e. The number of nitrogen functional groups attached to an aromatic ring is 1. The summed E-state index contributed by atoms with van der Waals surface area (Å²) in [6.07, 6.45) is -3.19. The number of hydrogen-bond donors (Lipinski definition) is 2. The van der Waals surface area contributed by atoms with E-state index in [0.717, 1.165) is 12.1 Å². The van der Waals surface area contributed by atoms with Crippen molar-refractivity contribution in [2.24, 2.45) is 7.05 Å². The van der Waals surface area contributed by atoms with E-state index in [1.54, 1.807) is 20.0 Å². The van der Waals surface area contributed by atoms with Crippen LogP contribution in [-0.2, 0) is 13.2 Å². The summed E-state index contributed by atoms with van der Waals surface area (Å²) in [5.74, 6) is 0.411. The van der Waals surface area contributed by atoms with E-state index >= 15 is 0 Å². The average Bonchev–Trinajstić information content (AvgIpc) is 2.57. The van der Waals surface area contributed by atoms with Crippen LogP contribution in [0.25, 0.3) is 11.0 Å². The molecule has 9 heteroatoms. The van der Waals surface area contributed by atoms with E-state index in [0.29, 0.717) is 22.4 Å². The van der Waals surface area contributed by atoms with Crippen LogP contribution in [0.4, 0.5) is 24.7 Å². The molecule has 2 heterocycles. The number of pyridine rings is 1. The number of aryl methyl sites for hydroxylation is 1. The van der Waals surface area contributed by atoms with E-state index in [1.165, 1.54) is 23.0 Å². The fourth-order valence-corrected chi connectivity index (χ4v) is 2.67. The van der Waals surface area contributed by atoms with Gasteiger partial charge in [0.15, 0.2) is 0 Å². The van der Waals surface area contributed by atoms with Crippen LogP contribution in [0.1, 0.15) is 24.1 Å². The minimum atomic E-state index is -4.48. The molecule has 0 saturated heterocycles. The predicted molar refractivity (Wildman–Crippen MR) is 92.7 cm³/mol. The van der Waals surface area contributed by atoms with E-state index in [9.17, 15) is 18.0 Å². The lowest BCUT2D eigenvalue weighted by atomic mass is 10.0. The van der Waals surface area contributed by atoms with Crippen LogP contribution in [0, 0.1) is 0 Å². The Morgan fingerprint density at radius 1 is 1.19 bits per heavy atom. The van der Waals surface area contributed by atoms with E-state index in [4.69, 9.17) is 5.73 Å². The summed E-state index contributed by atoms with van der Waals surface area (Å²) in [7, 11) is 1.58. The third-order valence-corrected chi connectivity index (χ3v) is 4.06. The number of fused-ring (bicyclic) bond motifs is 1. The lowest BCUT2D eigenvalue weighted by molar-refractivity contribution is -0.137. The van der Waals surface area contributed by atoms with Gasteiger partial charge in [0.25, 0.3) is 5.56 Å². The number of aromatic nitrogens is 3. The maximum Gasteiger partial charge on any atom is 0.416 e. The lowest BCUT2D eigenvalue weighted by Gasteiger charge is -2.18. The summed E-state index contributed by atoms with van der Waals surface area (Å²) >= 11 is 0. The quantitative estimate of drug-likeness (QED) is 0.699. The second kappa shape index (κ2) is 6.32. The molecule has 3 aromatic rings. The van der Waals surface area contributed by atoms with Crippen molar-refractivity contribution >= 4 is 22.5 Å². The van der Waals surface area contributed by atoms with Crippen LogP contribution >= 0.6 is 0 Å². The highest BCUT2D eigenvalue weighted by Crippen LogP contribution is 2.33. The van der Waals surface area contributed by atoms with Crippen molar-refractivity contribution in [3.8, 4) is 0 Å². The van der Waals surface area contributed by atoms with Gasteiger partial charge in [0.2, 0.25) is 0 Å². The van der Waals surface area contributed by atoms with Gasteiger partial charge in [-0.3, -0.25) is 9.36 Å². The average molecular weight is 363 g/mol. The first kappa shape index (κ1) is 17.7. The Labute approximate surface area is 146 Å². The Morgan fingerprint density at radius 2 is 1.92 bits per heavy atom. The molecule has 0 unspecified atom stereocenters. The zero-order chi connectivity index (χ0) is 19.1. The number of halogens is 3. The topological polar surface area (TPSA) is 85.8 Å². The lowest BCUT2D eigenvalue weighted by Crippen LogP contribution is -2.17. The maximum atomic E-state index is 13.0. The van der Waals surface area contributed by atoms with Gasteiger partial charge < -0.3 is 11.1 Å². The van der Waals surface area contributed by atoms with Crippen LogP contribution in [-0.4, -0.2) is 14.5 Å². The third kappa shape index (κ3) is 3.32. The van der Waals surface area contributed by atoms with Gasteiger partial charge in [-0.05, 0) is 36.8 Å². The number of alkyl halides is 3. The fourth-order valence-electron chi connectivity index (χ4n) is 2.67. The van der Waals surface area contributed by atoms with Crippen molar-refractivity contribution in [3.63, 3.8) is 0 Å². The highest BCUT2D eigenvalue weighted by molar-refractivity contribution is 5.86. The molecule has 0 fully saturated rings. The molecule has 1 atom stereocenters. The van der Waals surface area contributed by atoms with Gasteiger partial charge in [-0.15, -0.1) is 0 Å². The summed E-state index contributed by atoms with van der Waals surface area (Å²) in [5.41, 5.74) is 5.41. The first-order chi connectivity index (χ1) is 12.2. The largest absolute Gasteiger partial charge is 0.416 e. The molecular weight excluding hydrogens is 347 g/mol. The Balaban J connectivity index is 2.00. The minimum absolute atomic E-state index is 0.0263. The van der Waals surface area contributed by atoms with Crippen molar-refractivity contribution in [1.82, 2.24) is 14.5 Å². The summed E-state index contributed by atoms with van der Waals surface area (Å²) < 4.78 is 40.4. The van der Waals surface area contributed by atoms with Gasteiger partial charge in [0, 0.05) is 18.8 Å². The summed E-state index contributed by atoms with van der Waals surface area (Å²) in [4.78, 5) is 20.0. The van der Waals surface area contributed by atoms with Crippen molar-refractivity contribution in [2.75, 3.05) is 11.1 Å². The second-order valence-corrected chi connectivity index (χ2v) is 5.94. The Hall–Kier alpha value is -3.10. The molecule has 1 aromatic carbocycles. The van der Waals surface area contributed by atoms with Crippen molar-refractivity contribution in [1.29, 1.82) is 0 Å². The molecule has 0 bridgehead atoms. The van der Waals surface area contributed by atoms with E-state index in [1.807, 2.05) is 0 Å². The number of rotatable bonds is 3. The predicted octanol–water partition coefficient (Wildman–Crippen LogP) is 3.10. The highest BCUT2D eigenvalue weighted by atomic mass is 19.4. The summed E-state index contributed by atoms with van der Waals surface area (Å²) in [6, 6.07) is 5.87. The van der Waals surface area contributed by atoms with Crippen LogP contribution in [0.2, 0.25) is 0 Å². The zero-order valence-electron chi connectivity index (χ0n) is 14.0. The number of anilines is 2. The summed E-state index contributed by atoms with van der Waals surface area (Å²) in [6.45, 7) is 1.70. The first-order valence-corrected chi connectivity index (χ1v) is 7.72.